The van der Waals surface area contributed by atoms with E-state index in [1.807, 2.05) is 5.10 Å². The second-order valence-corrected chi connectivity index (χ2v) is 7.56. The molecule has 4 rings (SSSR count). The number of carbonyl (C=O) groups excluding carboxylic acids is 1. The third kappa shape index (κ3) is 4.22. The zero-order chi connectivity index (χ0) is 20.1. The van der Waals surface area contributed by atoms with Gasteiger partial charge in [-0.15, -0.1) is 22.6 Å². The lowest BCUT2D eigenvalue weighted by Gasteiger charge is -2.45. The van der Waals surface area contributed by atoms with Crippen molar-refractivity contribution in [1.29, 1.82) is 0 Å². The largest absolute Gasteiger partial charge is 0.451 e. The van der Waals surface area contributed by atoms with Crippen LogP contribution in [-0.4, -0.2) is 47.9 Å². The van der Waals surface area contributed by atoms with Crippen molar-refractivity contribution in [3.05, 3.63) is 17.5 Å². The number of nitrogens with two attached hydrogens (primary N) is 1. The first-order valence-corrected chi connectivity index (χ1v) is 9.22. The standard InChI is InChI=1S/C16H21F3N8O.ClH/c1-7-21-12(26-27(7)15-23-14(24-25-15)16(17,18)19)13(28)22-11-8-3-2-4-9(11)6-10(20)5-8;/h8-11H,2-6,20H2,1H3,(H,22,28)(H,23,24,25);1H. The van der Waals surface area contributed by atoms with E-state index >= 15 is 0 Å². The topological polar surface area (TPSA) is 127 Å². The van der Waals surface area contributed by atoms with Gasteiger partial charge < -0.3 is 11.1 Å². The van der Waals surface area contributed by atoms with E-state index < -0.39 is 17.9 Å². The number of H-pyrrole nitrogens is 1. The Bertz CT molecular complexity index is 868. The van der Waals surface area contributed by atoms with Gasteiger partial charge in [-0.3, -0.25) is 9.89 Å². The number of halogens is 4. The number of nitrogens with zero attached hydrogens (tertiary/aromatic N) is 5. The van der Waals surface area contributed by atoms with Gasteiger partial charge in [0.1, 0.15) is 5.82 Å². The molecule has 2 unspecified atom stereocenters. The number of aromatic nitrogens is 6. The highest BCUT2D eigenvalue weighted by Crippen LogP contribution is 2.39. The van der Waals surface area contributed by atoms with Crippen molar-refractivity contribution in [2.24, 2.45) is 17.6 Å². The molecule has 2 atom stereocenters. The van der Waals surface area contributed by atoms with E-state index in [1.54, 1.807) is 0 Å². The molecule has 0 spiro atoms. The van der Waals surface area contributed by atoms with Gasteiger partial charge in [-0.2, -0.15) is 22.8 Å². The van der Waals surface area contributed by atoms with Crippen LogP contribution >= 0.6 is 12.4 Å². The van der Waals surface area contributed by atoms with E-state index in [9.17, 15) is 18.0 Å². The molecule has 160 valence electrons. The second kappa shape index (κ2) is 7.90. The molecule has 4 N–H and O–H groups in total. The fourth-order valence-electron chi connectivity index (χ4n) is 4.39. The average molecular weight is 435 g/mol. The zero-order valence-corrected chi connectivity index (χ0v) is 16.4. The Kier molecular flexibility index (Phi) is 5.86. The Labute approximate surface area is 170 Å². The molecule has 9 nitrogen and oxygen atoms in total. The monoisotopic (exact) mass is 434 g/mol. The molecule has 2 aromatic rings. The number of carbonyl (C=O) groups is 1. The molecule has 0 aliphatic heterocycles. The summed E-state index contributed by atoms with van der Waals surface area (Å²) in [5.41, 5.74) is 6.11. The van der Waals surface area contributed by atoms with Gasteiger partial charge in [0.05, 0.1) is 0 Å². The number of rotatable bonds is 3. The minimum absolute atomic E-state index is 0. The zero-order valence-electron chi connectivity index (χ0n) is 15.6. The molecular weight excluding hydrogens is 413 g/mol. The smallest absolute Gasteiger partial charge is 0.346 e. The first-order valence-electron chi connectivity index (χ1n) is 9.22. The summed E-state index contributed by atoms with van der Waals surface area (Å²) in [5.74, 6) is -1.26. The van der Waals surface area contributed by atoms with Crippen molar-refractivity contribution in [2.75, 3.05) is 0 Å². The van der Waals surface area contributed by atoms with Crippen molar-refractivity contribution >= 4 is 18.3 Å². The van der Waals surface area contributed by atoms with Gasteiger partial charge in [0, 0.05) is 12.1 Å². The van der Waals surface area contributed by atoms with Crippen molar-refractivity contribution in [2.45, 2.75) is 57.3 Å². The third-order valence-corrected chi connectivity index (χ3v) is 5.58. The SMILES string of the molecule is Cc1nc(C(=O)NC2C3CCCC2CC(N)C3)nn1-c1n[nH]c(C(F)(F)F)n1.Cl. The van der Waals surface area contributed by atoms with Crippen LogP contribution in [0, 0.1) is 18.8 Å². The highest BCUT2D eigenvalue weighted by Gasteiger charge is 2.40. The lowest BCUT2D eigenvalue weighted by molar-refractivity contribution is -0.144. The minimum atomic E-state index is -4.65. The Morgan fingerprint density at radius 3 is 2.48 bits per heavy atom. The predicted molar refractivity (Wildman–Crippen MR) is 97.6 cm³/mol. The number of alkyl halides is 3. The fraction of sp³-hybridized carbons (Fsp3) is 0.688. The molecular formula is C16H22ClF3N8O. The first kappa shape index (κ1) is 21.5. The van der Waals surface area contributed by atoms with Gasteiger partial charge in [0.25, 0.3) is 11.9 Å². The van der Waals surface area contributed by atoms with Crippen LogP contribution in [0.3, 0.4) is 0 Å². The molecule has 2 heterocycles. The maximum atomic E-state index is 12.7. The molecule has 2 aliphatic rings. The van der Waals surface area contributed by atoms with Crippen LogP contribution in [0.4, 0.5) is 13.2 Å². The molecule has 0 saturated heterocycles. The summed E-state index contributed by atoms with van der Waals surface area (Å²) in [5, 5.41) is 12.4. The summed E-state index contributed by atoms with van der Waals surface area (Å²) >= 11 is 0. The second-order valence-electron chi connectivity index (χ2n) is 7.56. The molecule has 2 saturated carbocycles. The summed E-state index contributed by atoms with van der Waals surface area (Å²) in [6.45, 7) is 1.52. The van der Waals surface area contributed by atoms with Gasteiger partial charge in [-0.25, -0.2) is 4.98 Å². The van der Waals surface area contributed by atoms with Crippen LogP contribution in [0.2, 0.25) is 0 Å². The normalized spacial score (nSPS) is 26.7. The minimum Gasteiger partial charge on any atom is -0.346 e. The Morgan fingerprint density at radius 2 is 1.90 bits per heavy atom. The molecule has 2 fully saturated rings. The predicted octanol–water partition coefficient (Wildman–Crippen LogP) is 1.77. The number of aryl methyl sites for hydroxylation is 1. The third-order valence-electron chi connectivity index (χ3n) is 5.58. The number of hydrogen-bond acceptors (Lipinski definition) is 6. The van der Waals surface area contributed by atoms with E-state index in [0.717, 1.165) is 36.8 Å². The van der Waals surface area contributed by atoms with Gasteiger partial charge >= 0.3 is 6.18 Å². The summed E-state index contributed by atoms with van der Waals surface area (Å²) in [6, 6.07) is 0.185. The molecule has 29 heavy (non-hydrogen) atoms. The summed E-state index contributed by atoms with van der Waals surface area (Å²) in [4.78, 5) is 20.1. The van der Waals surface area contributed by atoms with E-state index in [2.05, 4.69) is 25.5 Å². The van der Waals surface area contributed by atoms with Gasteiger partial charge in [-0.05, 0) is 44.4 Å². The molecule has 13 heteroatoms. The van der Waals surface area contributed by atoms with Gasteiger partial charge in [0.2, 0.25) is 11.6 Å². The molecule has 0 radical (unpaired) electrons. The van der Waals surface area contributed by atoms with Crippen LogP contribution in [0.5, 0.6) is 0 Å². The molecule has 0 aromatic carbocycles. The number of amides is 1. The maximum Gasteiger partial charge on any atom is 0.451 e. The number of hydrogen-bond donors (Lipinski definition) is 3. The van der Waals surface area contributed by atoms with Crippen molar-refractivity contribution in [1.82, 2.24) is 35.3 Å². The summed E-state index contributed by atoms with van der Waals surface area (Å²) < 4.78 is 39.1. The molecule has 2 aliphatic carbocycles. The fourth-order valence-corrected chi connectivity index (χ4v) is 4.39. The number of fused-ring (bicyclic) bond motifs is 2. The van der Waals surface area contributed by atoms with Crippen LogP contribution < -0.4 is 11.1 Å². The van der Waals surface area contributed by atoms with E-state index in [1.165, 1.54) is 6.92 Å². The van der Waals surface area contributed by atoms with Crippen LogP contribution in [0.15, 0.2) is 0 Å². The van der Waals surface area contributed by atoms with E-state index in [-0.39, 0.29) is 42.1 Å². The lowest BCUT2D eigenvalue weighted by atomic mass is 9.67. The highest BCUT2D eigenvalue weighted by molar-refractivity contribution is 5.90. The van der Waals surface area contributed by atoms with Crippen LogP contribution in [-0.2, 0) is 6.18 Å². The first-order chi connectivity index (χ1) is 13.2. The van der Waals surface area contributed by atoms with Crippen molar-refractivity contribution < 1.29 is 18.0 Å². The van der Waals surface area contributed by atoms with Crippen LogP contribution in [0.1, 0.15) is 54.4 Å². The lowest BCUT2D eigenvalue weighted by Crippen LogP contribution is -2.53. The molecule has 1 amide bonds. The maximum absolute atomic E-state index is 12.7. The molecule has 2 aromatic heterocycles. The number of nitrogens with one attached hydrogen (secondary N) is 2. The Hall–Kier alpha value is -2.21. The number of aromatic amines is 1. The highest BCUT2D eigenvalue weighted by atomic mass is 35.5. The Balaban J connectivity index is 0.00000240. The van der Waals surface area contributed by atoms with Crippen molar-refractivity contribution in [3.63, 3.8) is 0 Å². The van der Waals surface area contributed by atoms with Crippen molar-refractivity contribution in [3.8, 4) is 5.95 Å². The van der Waals surface area contributed by atoms with E-state index in [4.69, 9.17) is 5.73 Å². The summed E-state index contributed by atoms with van der Waals surface area (Å²) in [6.07, 6.45) is 0.271. The van der Waals surface area contributed by atoms with Crippen LogP contribution in [0.25, 0.3) is 5.95 Å². The van der Waals surface area contributed by atoms with E-state index in [0.29, 0.717) is 11.8 Å². The quantitative estimate of drug-likeness (QED) is 0.675. The summed E-state index contributed by atoms with van der Waals surface area (Å²) in [7, 11) is 0. The van der Waals surface area contributed by atoms with Gasteiger partial charge in [-0.1, -0.05) is 6.42 Å². The van der Waals surface area contributed by atoms with Gasteiger partial charge in [0.15, 0.2) is 0 Å². The average Bonchev–Trinajstić information content (AvgIpc) is 3.22. The molecule has 2 bridgehead atoms. The Morgan fingerprint density at radius 1 is 1.24 bits per heavy atom.